The Labute approximate surface area is 550 Å². The lowest BCUT2D eigenvalue weighted by molar-refractivity contribution is -0.277. The fourth-order valence-electron chi connectivity index (χ4n) is 9.68. The lowest BCUT2D eigenvalue weighted by atomic mass is 9.84. The van der Waals surface area contributed by atoms with E-state index >= 15 is 0 Å². The predicted molar refractivity (Wildman–Crippen MR) is 337 cm³/mol. The minimum atomic E-state index is -1.35. The molecule has 2 aliphatic heterocycles. The number of carbonyl (C=O) groups is 9. The van der Waals surface area contributed by atoms with E-state index in [4.69, 9.17) is 65.2 Å². The van der Waals surface area contributed by atoms with Crippen molar-refractivity contribution in [1.82, 2.24) is 10.6 Å². The molecule has 2 saturated heterocycles. The highest BCUT2D eigenvalue weighted by atomic mass is 16.7. The van der Waals surface area contributed by atoms with Gasteiger partial charge in [0, 0.05) is 138 Å². The summed E-state index contributed by atoms with van der Waals surface area (Å²) >= 11 is 0. The molecule has 2 aliphatic rings. The molecule has 93 heavy (non-hydrogen) atoms. The third-order valence-corrected chi connectivity index (χ3v) is 16.2. The van der Waals surface area contributed by atoms with Crippen LogP contribution in [0.5, 0.6) is 0 Å². The number of hydrogen-bond donors (Lipinski definition) is 5. The first kappa shape index (κ1) is 85.6. The van der Waals surface area contributed by atoms with E-state index in [2.05, 4.69) is 20.3 Å². The van der Waals surface area contributed by atoms with Gasteiger partial charge in [0.15, 0.2) is 36.4 Å². The fraction of sp³-hybridized carbons (Fsp3) is 0.833. The van der Waals surface area contributed by atoms with Crippen molar-refractivity contribution >= 4 is 52.9 Å². The van der Waals surface area contributed by atoms with Crippen LogP contribution in [0.1, 0.15) is 192 Å². The van der Waals surface area contributed by atoms with E-state index in [0.717, 1.165) is 25.7 Å². The van der Waals surface area contributed by atoms with Crippen LogP contribution in [0.4, 0.5) is 0 Å². The highest BCUT2D eigenvalue weighted by Gasteiger charge is 2.51. The predicted octanol–water partition coefficient (Wildman–Crippen LogP) is 5.64. The van der Waals surface area contributed by atoms with Gasteiger partial charge < -0.3 is 87.7 Å². The van der Waals surface area contributed by atoms with Gasteiger partial charge in [-0.15, -0.1) is 0 Å². The summed E-state index contributed by atoms with van der Waals surface area (Å²) in [6.07, 6.45) is 1.30. The third kappa shape index (κ3) is 36.9. The molecule has 2 heterocycles. The zero-order valence-corrected chi connectivity index (χ0v) is 57.0. The van der Waals surface area contributed by atoms with Crippen LogP contribution in [0, 0.1) is 25.0 Å². The van der Waals surface area contributed by atoms with Crippen LogP contribution in [0.25, 0.3) is 9.69 Å². The second-order valence-electron chi connectivity index (χ2n) is 24.7. The minimum absolute atomic E-state index is 0.00344. The van der Waals surface area contributed by atoms with Crippen molar-refractivity contribution in [2.45, 2.75) is 264 Å². The normalized spacial score (nSPS) is 22.3. The Bertz CT molecular complexity index is 2330. The van der Waals surface area contributed by atoms with E-state index in [1.165, 1.54) is 34.6 Å². The molecule has 0 aromatic rings. The van der Waals surface area contributed by atoms with Gasteiger partial charge in [-0.3, -0.25) is 43.2 Å². The number of ether oxygens (including phenoxy) is 11. The summed E-state index contributed by atoms with van der Waals surface area (Å²) < 4.78 is 60.8. The molecular weight excluding hydrogens is 1220 g/mol. The molecule has 0 bridgehead atoms. The van der Waals surface area contributed by atoms with E-state index in [1.807, 2.05) is 41.5 Å². The third-order valence-electron chi connectivity index (χ3n) is 16.2. The van der Waals surface area contributed by atoms with Crippen LogP contribution in [-0.2, 0) is 95.3 Å². The van der Waals surface area contributed by atoms with Crippen molar-refractivity contribution in [3.63, 3.8) is 0 Å². The minimum Gasteiger partial charge on any atom is -0.463 e. The monoisotopic (exact) mass is 1330 g/mol. The number of unbranched alkanes of at least 4 members (excludes halogenated alkanes) is 6. The van der Waals surface area contributed by atoms with Crippen LogP contribution in [0.15, 0.2) is 0 Å². The van der Waals surface area contributed by atoms with Crippen LogP contribution >= 0.6 is 0 Å². The maximum Gasteiger partial charge on any atom is 0.303 e. The molecular formula is C66H110N4O23. The molecule has 0 aromatic heterocycles. The number of hydrogen-bond acceptors (Lipinski definition) is 23. The average Bonchev–Trinajstić information content (AvgIpc) is 0.820. The Morgan fingerprint density at radius 2 is 0.871 bits per heavy atom. The van der Waals surface area contributed by atoms with E-state index in [1.54, 1.807) is 0 Å². The summed E-state index contributed by atoms with van der Waals surface area (Å²) in [5, 5.41) is 34.9. The maximum absolute atomic E-state index is 12.2. The zero-order valence-electron chi connectivity index (χ0n) is 57.0. The van der Waals surface area contributed by atoms with Gasteiger partial charge in [0.25, 0.3) is 0 Å². The number of aliphatic hydroxyl groups excluding tert-OH is 3. The van der Waals surface area contributed by atoms with Gasteiger partial charge in [0.1, 0.15) is 67.9 Å². The van der Waals surface area contributed by atoms with Crippen molar-refractivity contribution in [3.05, 3.63) is 22.8 Å². The fourth-order valence-corrected chi connectivity index (χ4v) is 9.68. The van der Waals surface area contributed by atoms with Gasteiger partial charge in [0.2, 0.25) is 22.9 Å². The molecule has 27 nitrogen and oxygen atoms in total. The quantitative estimate of drug-likeness (QED) is 0.0213. The SMILES string of the molecule is [C-]#[N+]C(C)(CCC(=O)CCCOCCOCC(=O)CCCCCCO[C@@H]1O[C@H](CO)[C@H](O)[C@H](O)[C@H]1NC(C)=O)C(C)C.[C-]#[N+]C(C)(CCC(=O)CCCOCCOCC(=O)CCCCCCO[C@@H]1O[C@H](COC(C)=O)[C@H](OC(C)=O)[C@H](OC(C)=O)[C@H]1NC(C)=O)C(C)C. The first-order valence-electron chi connectivity index (χ1n) is 32.7. The highest BCUT2D eigenvalue weighted by Crippen LogP contribution is 2.31. The van der Waals surface area contributed by atoms with Gasteiger partial charge >= 0.3 is 17.9 Å². The molecule has 2 rings (SSSR count). The van der Waals surface area contributed by atoms with E-state index in [9.17, 15) is 58.5 Å². The maximum atomic E-state index is 12.2. The Kier molecular flexibility index (Phi) is 44.4. The number of amides is 2. The van der Waals surface area contributed by atoms with Crippen molar-refractivity contribution in [1.29, 1.82) is 0 Å². The van der Waals surface area contributed by atoms with Gasteiger partial charge in [-0.1, -0.05) is 53.4 Å². The summed E-state index contributed by atoms with van der Waals surface area (Å²) in [6, 6.07) is -1.98. The number of carbonyl (C=O) groups excluding carboxylic acids is 9. The number of rotatable bonds is 49. The molecule has 0 radical (unpaired) electrons. The molecule has 0 aliphatic carbocycles. The van der Waals surface area contributed by atoms with Gasteiger partial charge in [-0.25, -0.2) is 13.1 Å². The van der Waals surface area contributed by atoms with Crippen LogP contribution in [0.3, 0.4) is 0 Å². The lowest BCUT2D eigenvalue weighted by Gasteiger charge is -2.44. The number of Topliss-reactive ketones (excluding diaryl/α,β-unsaturated/α-hetero) is 4. The average molecular weight is 1330 g/mol. The van der Waals surface area contributed by atoms with Crippen LogP contribution < -0.4 is 10.6 Å². The second kappa shape index (κ2) is 48.3. The summed E-state index contributed by atoms with van der Waals surface area (Å²) in [5.41, 5.74) is -1.01. The molecule has 0 spiro atoms. The van der Waals surface area contributed by atoms with Gasteiger partial charge in [-0.2, -0.15) is 0 Å². The summed E-state index contributed by atoms with van der Waals surface area (Å²) in [4.78, 5) is 115. The standard InChI is InChI=1S/C36H58N2O13.C30H52N2O10/c1-24(2)36(7,37-8)17-16-29(43)15-13-18-45-20-21-46-22-30(44)14-11-9-10-12-19-47-35-32(38-25(3)39)34(50-28(6)42)33(49-27(5)41)31(51-35)23-48-26(4)40;1-21(2)30(4,31-5)14-13-23(35)12-10-15-39-17-18-40-20-24(36)11-8-6-7-9-16-41-29-26(32-22(3)34)28(38)27(37)25(19-33)42-29/h24,31-35H,9-23H2,1-7H3,(H,38,39);21,25-29,33,37-38H,6-20H2,1-4H3,(H,32,34)/t31-,32-,33+,34-,35-,36?;25-,26-,27+,28-,29-,30?/m11/s1. The molecule has 532 valence electrons. The molecule has 0 saturated carbocycles. The van der Waals surface area contributed by atoms with E-state index in [0.29, 0.717) is 123 Å². The topological polar surface area (TPSA) is 349 Å². The van der Waals surface area contributed by atoms with Crippen molar-refractivity contribution in [2.24, 2.45) is 11.8 Å². The first-order valence-corrected chi connectivity index (χ1v) is 32.7. The number of esters is 3. The molecule has 2 fully saturated rings. The smallest absolute Gasteiger partial charge is 0.303 e. The molecule has 0 aromatic carbocycles. The highest BCUT2D eigenvalue weighted by molar-refractivity contribution is 5.80. The first-order chi connectivity index (χ1) is 44.0. The van der Waals surface area contributed by atoms with Gasteiger partial charge in [-0.05, 0) is 38.5 Å². The summed E-state index contributed by atoms with van der Waals surface area (Å²) in [7, 11) is 0. The van der Waals surface area contributed by atoms with Gasteiger partial charge in [0.05, 0.1) is 33.0 Å². The molecule has 2 unspecified atom stereocenters. The van der Waals surface area contributed by atoms with Crippen LogP contribution in [-0.4, -0.2) is 220 Å². The largest absolute Gasteiger partial charge is 0.463 e. The summed E-state index contributed by atoms with van der Waals surface area (Å²) in [6.45, 7) is 34.5. The number of nitrogens with one attached hydrogen (secondary N) is 2. The molecule has 27 heteroatoms. The number of nitrogens with zero attached hydrogens (tertiary/aromatic N) is 2. The molecule has 12 atom stereocenters. The van der Waals surface area contributed by atoms with Crippen molar-refractivity contribution in [3.8, 4) is 0 Å². The van der Waals surface area contributed by atoms with Crippen molar-refractivity contribution < 1.29 is 111 Å². The molecule has 5 N–H and O–H groups in total. The zero-order chi connectivity index (χ0) is 69.9. The molecule has 2 amide bonds. The Hall–Kier alpha value is -5.43. The Morgan fingerprint density at radius 1 is 0.473 bits per heavy atom. The van der Waals surface area contributed by atoms with Crippen molar-refractivity contribution in [2.75, 3.05) is 79.3 Å². The number of ketones is 4. The van der Waals surface area contributed by atoms with Crippen LogP contribution in [0.2, 0.25) is 0 Å². The van der Waals surface area contributed by atoms with E-state index < -0.39 is 109 Å². The Balaban J connectivity index is 0.000000948. The van der Waals surface area contributed by atoms with E-state index in [-0.39, 0.29) is 74.6 Å². The second-order valence-corrected chi connectivity index (χ2v) is 24.7. The Morgan fingerprint density at radius 3 is 1.28 bits per heavy atom. The summed E-state index contributed by atoms with van der Waals surface area (Å²) in [5.74, 6) is -2.17. The lowest BCUT2D eigenvalue weighted by Crippen LogP contribution is -2.66. The number of aliphatic hydroxyl groups is 3.